The van der Waals surface area contributed by atoms with E-state index >= 15 is 0 Å². The van der Waals surface area contributed by atoms with Gasteiger partial charge in [0.05, 0.1) is 6.42 Å². The Balaban J connectivity index is 4.40. The van der Waals surface area contributed by atoms with E-state index in [4.69, 9.17) is 21.2 Å². The average molecular weight is 190 g/mol. The lowest BCUT2D eigenvalue weighted by atomic mass is 9.98. The maximum Gasteiger partial charge on any atom is 0.321 e. The van der Waals surface area contributed by atoms with E-state index in [2.05, 4.69) is 5.16 Å². The Hall–Kier alpha value is -1.63. The maximum absolute atomic E-state index is 10.3. The molecule has 0 aliphatic rings. The predicted octanol–water partition coefficient (Wildman–Crippen LogP) is -1.05. The lowest BCUT2D eigenvalue weighted by molar-refractivity contribution is -0.140. The van der Waals surface area contributed by atoms with Crippen molar-refractivity contribution >= 4 is 18.2 Å². The molecule has 0 heterocycles. The first-order chi connectivity index (χ1) is 5.99. The standard InChI is InChI=1S/C6H10N2O5/c7-5(6(11)12)3(2-8-13)1-4(9)10/h2-3,5,13H,1,7H2,(H,9,10)(H,11,12). The van der Waals surface area contributed by atoms with Crippen molar-refractivity contribution in [3.8, 4) is 0 Å². The van der Waals surface area contributed by atoms with E-state index in [1.54, 1.807) is 0 Å². The second-order valence-corrected chi connectivity index (χ2v) is 2.39. The van der Waals surface area contributed by atoms with Crippen molar-refractivity contribution in [3.05, 3.63) is 0 Å². The maximum atomic E-state index is 10.3. The van der Waals surface area contributed by atoms with E-state index in [1.165, 1.54) is 0 Å². The number of aliphatic carboxylic acids is 2. The van der Waals surface area contributed by atoms with Crippen LogP contribution in [0.15, 0.2) is 5.16 Å². The van der Waals surface area contributed by atoms with Gasteiger partial charge >= 0.3 is 11.9 Å². The summed E-state index contributed by atoms with van der Waals surface area (Å²) in [5.74, 6) is -3.56. The summed E-state index contributed by atoms with van der Waals surface area (Å²) < 4.78 is 0. The number of carboxylic acid groups (broad SMARTS) is 2. The van der Waals surface area contributed by atoms with Gasteiger partial charge in [-0.1, -0.05) is 0 Å². The van der Waals surface area contributed by atoms with Crippen molar-refractivity contribution in [2.24, 2.45) is 16.8 Å². The van der Waals surface area contributed by atoms with E-state index < -0.39 is 30.3 Å². The molecule has 0 rings (SSSR count). The minimum atomic E-state index is -1.38. The highest BCUT2D eigenvalue weighted by atomic mass is 16.4. The van der Waals surface area contributed by atoms with Gasteiger partial charge in [0.1, 0.15) is 6.04 Å². The summed E-state index contributed by atoms with van der Waals surface area (Å²) in [4.78, 5) is 20.6. The van der Waals surface area contributed by atoms with Crippen LogP contribution in [0.5, 0.6) is 0 Å². The van der Waals surface area contributed by atoms with Crippen LogP contribution in [0.3, 0.4) is 0 Å². The fourth-order valence-electron chi connectivity index (χ4n) is 0.743. The van der Waals surface area contributed by atoms with Crippen LogP contribution in [-0.4, -0.2) is 39.6 Å². The largest absolute Gasteiger partial charge is 0.481 e. The second kappa shape index (κ2) is 5.09. The van der Waals surface area contributed by atoms with E-state index in [9.17, 15) is 9.59 Å². The molecule has 7 heteroatoms. The van der Waals surface area contributed by atoms with E-state index in [1.807, 2.05) is 0 Å². The molecule has 0 aromatic carbocycles. The van der Waals surface area contributed by atoms with Crippen LogP contribution in [0.4, 0.5) is 0 Å². The predicted molar refractivity (Wildman–Crippen MR) is 41.6 cm³/mol. The van der Waals surface area contributed by atoms with Gasteiger partial charge in [-0.25, -0.2) is 0 Å². The Kier molecular flexibility index (Phi) is 4.45. The minimum absolute atomic E-state index is 0.489. The molecular weight excluding hydrogens is 180 g/mol. The Bertz CT molecular complexity index is 227. The monoisotopic (exact) mass is 190 g/mol. The lowest BCUT2D eigenvalue weighted by Crippen LogP contribution is -2.39. The number of nitrogens with two attached hydrogens (primary N) is 1. The van der Waals surface area contributed by atoms with Crippen molar-refractivity contribution in [1.29, 1.82) is 0 Å². The Morgan fingerprint density at radius 2 is 2.00 bits per heavy atom. The first kappa shape index (κ1) is 11.4. The highest BCUT2D eigenvalue weighted by Crippen LogP contribution is 2.05. The molecule has 74 valence electrons. The molecule has 0 aliphatic heterocycles. The first-order valence-corrected chi connectivity index (χ1v) is 3.36. The molecule has 0 aromatic heterocycles. The molecule has 0 saturated carbocycles. The van der Waals surface area contributed by atoms with Crippen molar-refractivity contribution in [2.45, 2.75) is 12.5 Å². The first-order valence-electron chi connectivity index (χ1n) is 3.36. The minimum Gasteiger partial charge on any atom is -0.481 e. The second-order valence-electron chi connectivity index (χ2n) is 2.39. The highest BCUT2D eigenvalue weighted by Gasteiger charge is 2.25. The van der Waals surface area contributed by atoms with Crippen LogP contribution >= 0.6 is 0 Å². The summed E-state index contributed by atoms with van der Waals surface area (Å²) in [7, 11) is 0. The molecule has 0 saturated heterocycles. The molecule has 2 atom stereocenters. The van der Waals surface area contributed by atoms with E-state index in [0.717, 1.165) is 6.21 Å². The van der Waals surface area contributed by atoms with Gasteiger partial charge in [0.2, 0.25) is 0 Å². The van der Waals surface area contributed by atoms with Gasteiger partial charge in [-0.15, -0.1) is 5.16 Å². The van der Waals surface area contributed by atoms with Gasteiger partial charge in [0.25, 0.3) is 0 Å². The summed E-state index contributed by atoms with van der Waals surface area (Å²) >= 11 is 0. The van der Waals surface area contributed by atoms with Gasteiger partial charge in [0.15, 0.2) is 0 Å². The van der Waals surface area contributed by atoms with Gasteiger partial charge in [-0.05, 0) is 0 Å². The number of oxime groups is 1. The van der Waals surface area contributed by atoms with Gasteiger partial charge < -0.3 is 21.2 Å². The summed E-state index contributed by atoms with van der Waals surface area (Å²) in [6, 6.07) is -1.38. The molecule has 5 N–H and O–H groups in total. The Morgan fingerprint density at radius 3 is 2.31 bits per heavy atom. The molecule has 13 heavy (non-hydrogen) atoms. The zero-order valence-corrected chi connectivity index (χ0v) is 6.62. The molecule has 0 bridgehead atoms. The molecule has 0 aliphatic carbocycles. The van der Waals surface area contributed by atoms with Crippen LogP contribution in [0.2, 0.25) is 0 Å². The normalized spacial score (nSPS) is 15.5. The van der Waals surface area contributed by atoms with Crippen LogP contribution in [0, 0.1) is 5.92 Å². The Labute approximate surface area is 73.5 Å². The average Bonchev–Trinajstić information content (AvgIpc) is 2.01. The number of hydrogen-bond acceptors (Lipinski definition) is 5. The lowest BCUT2D eigenvalue weighted by Gasteiger charge is -2.12. The summed E-state index contributed by atoms with van der Waals surface area (Å²) in [5, 5.41) is 27.4. The van der Waals surface area contributed by atoms with Crippen molar-refractivity contribution < 1.29 is 25.0 Å². The summed E-state index contributed by atoms with van der Waals surface area (Å²) in [6.07, 6.45) is 0.310. The van der Waals surface area contributed by atoms with Crippen molar-refractivity contribution in [1.82, 2.24) is 0 Å². The smallest absolute Gasteiger partial charge is 0.321 e. The topological polar surface area (TPSA) is 133 Å². The Morgan fingerprint density at radius 1 is 1.46 bits per heavy atom. The third-order valence-electron chi connectivity index (χ3n) is 1.41. The fourth-order valence-corrected chi connectivity index (χ4v) is 0.743. The van der Waals surface area contributed by atoms with E-state index in [-0.39, 0.29) is 0 Å². The molecule has 0 radical (unpaired) electrons. The summed E-state index contributed by atoms with van der Waals surface area (Å²) in [5.41, 5.74) is 5.13. The molecule has 0 spiro atoms. The highest BCUT2D eigenvalue weighted by molar-refractivity contribution is 5.82. The fraction of sp³-hybridized carbons (Fsp3) is 0.500. The molecule has 7 nitrogen and oxygen atoms in total. The molecule has 2 unspecified atom stereocenters. The summed E-state index contributed by atoms with van der Waals surface area (Å²) in [6.45, 7) is 0. The SMILES string of the molecule is NC(C(=O)O)C(C=NO)CC(=O)O. The van der Waals surface area contributed by atoms with Crippen LogP contribution in [-0.2, 0) is 9.59 Å². The van der Waals surface area contributed by atoms with Crippen LogP contribution < -0.4 is 5.73 Å². The molecular formula is C6H10N2O5. The molecule has 0 aromatic rings. The van der Waals surface area contributed by atoms with Crippen molar-refractivity contribution in [2.75, 3.05) is 0 Å². The zero-order chi connectivity index (χ0) is 10.4. The number of hydrogen-bond donors (Lipinski definition) is 4. The van der Waals surface area contributed by atoms with Crippen molar-refractivity contribution in [3.63, 3.8) is 0 Å². The number of rotatable bonds is 5. The third kappa shape index (κ3) is 4.06. The number of carbonyl (C=O) groups is 2. The van der Waals surface area contributed by atoms with Gasteiger partial charge in [0, 0.05) is 12.1 Å². The zero-order valence-electron chi connectivity index (χ0n) is 6.62. The molecule has 0 fully saturated rings. The van der Waals surface area contributed by atoms with Gasteiger partial charge in [-0.2, -0.15) is 0 Å². The van der Waals surface area contributed by atoms with Crippen LogP contribution in [0.1, 0.15) is 6.42 Å². The molecule has 0 amide bonds. The van der Waals surface area contributed by atoms with Crippen LogP contribution in [0.25, 0.3) is 0 Å². The number of nitrogens with zero attached hydrogens (tertiary/aromatic N) is 1. The third-order valence-corrected chi connectivity index (χ3v) is 1.41. The quantitative estimate of drug-likeness (QED) is 0.248. The van der Waals surface area contributed by atoms with E-state index in [0.29, 0.717) is 0 Å². The number of carboxylic acids is 2. The van der Waals surface area contributed by atoms with Gasteiger partial charge in [-0.3, -0.25) is 9.59 Å².